The molecule has 0 saturated carbocycles. The smallest absolute Gasteiger partial charge is 0.319 e. The van der Waals surface area contributed by atoms with Crippen LogP contribution in [-0.4, -0.2) is 21.8 Å². The maximum atomic E-state index is 11.6. The van der Waals surface area contributed by atoms with Gasteiger partial charge in [-0.05, 0) is 19.1 Å². The van der Waals surface area contributed by atoms with Gasteiger partial charge in [0.05, 0.1) is 18.6 Å². The van der Waals surface area contributed by atoms with Crippen LogP contribution in [0.25, 0.3) is 0 Å². The van der Waals surface area contributed by atoms with Crippen LogP contribution in [0.4, 0.5) is 10.5 Å². The van der Waals surface area contributed by atoms with Crippen LogP contribution in [0, 0.1) is 0 Å². The highest BCUT2D eigenvalue weighted by molar-refractivity contribution is 5.96. The Morgan fingerprint density at radius 1 is 1.37 bits per heavy atom. The van der Waals surface area contributed by atoms with Crippen LogP contribution in [-0.2, 0) is 6.54 Å². The first kappa shape index (κ1) is 12.8. The van der Waals surface area contributed by atoms with Gasteiger partial charge in [0.2, 0.25) is 0 Å². The summed E-state index contributed by atoms with van der Waals surface area (Å²) in [7, 11) is 0. The number of urea groups is 1. The maximum absolute atomic E-state index is 11.6. The molecular weight excluding hydrogens is 244 g/mol. The summed E-state index contributed by atoms with van der Waals surface area (Å²) < 4.78 is 0. The highest BCUT2D eigenvalue weighted by Gasteiger charge is 2.04. The Morgan fingerprint density at radius 2 is 2.21 bits per heavy atom. The van der Waals surface area contributed by atoms with E-state index in [2.05, 4.69) is 20.6 Å². The van der Waals surface area contributed by atoms with Crippen LogP contribution in [0.1, 0.15) is 23.0 Å². The largest absolute Gasteiger partial charge is 0.347 e. The lowest BCUT2D eigenvalue weighted by Gasteiger charge is -2.07. The summed E-state index contributed by atoms with van der Waals surface area (Å²) in [5.74, 6) is -0.0403. The number of amides is 2. The van der Waals surface area contributed by atoms with Crippen LogP contribution in [0.5, 0.6) is 0 Å². The minimum Gasteiger partial charge on any atom is -0.347 e. The zero-order valence-corrected chi connectivity index (χ0v) is 10.4. The summed E-state index contributed by atoms with van der Waals surface area (Å²) in [4.78, 5) is 29.6. The second-order valence-corrected chi connectivity index (χ2v) is 4.02. The maximum Gasteiger partial charge on any atom is 0.319 e. The van der Waals surface area contributed by atoms with Crippen LogP contribution in [0.2, 0.25) is 0 Å². The molecule has 0 spiro atoms. The Morgan fingerprint density at radius 3 is 2.89 bits per heavy atom. The molecule has 19 heavy (non-hydrogen) atoms. The van der Waals surface area contributed by atoms with Crippen LogP contribution < -0.4 is 10.6 Å². The SMILES string of the molecule is CC(=O)c1cccc(NC(=O)NCc2cnc[nH]2)c1. The topological polar surface area (TPSA) is 86.9 Å². The van der Waals surface area contributed by atoms with E-state index in [1.165, 1.54) is 6.92 Å². The van der Waals surface area contributed by atoms with Crippen molar-refractivity contribution in [2.75, 3.05) is 5.32 Å². The number of nitrogens with zero attached hydrogens (tertiary/aromatic N) is 1. The third-order valence-corrected chi connectivity index (χ3v) is 2.52. The lowest BCUT2D eigenvalue weighted by Crippen LogP contribution is -2.28. The monoisotopic (exact) mass is 258 g/mol. The fourth-order valence-electron chi connectivity index (χ4n) is 1.55. The average Bonchev–Trinajstić information content (AvgIpc) is 2.90. The van der Waals surface area contributed by atoms with Crippen molar-refractivity contribution in [3.63, 3.8) is 0 Å². The van der Waals surface area contributed by atoms with Crippen molar-refractivity contribution in [2.45, 2.75) is 13.5 Å². The fraction of sp³-hybridized carbons (Fsp3) is 0.154. The molecule has 6 heteroatoms. The molecule has 2 rings (SSSR count). The van der Waals surface area contributed by atoms with E-state index in [1.54, 1.807) is 36.8 Å². The number of carbonyl (C=O) groups excluding carboxylic acids is 2. The molecule has 1 aromatic heterocycles. The molecule has 0 unspecified atom stereocenters. The Labute approximate surface area is 110 Å². The number of imidazole rings is 1. The Hall–Kier alpha value is -2.63. The summed E-state index contributed by atoms with van der Waals surface area (Å²) in [5, 5.41) is 5.34. The molecule has 0 atom stereocenters. The number of aromatic nitrogens is 2. The van der Waals surface area contributed by atoms with Crippen LogP contribution in [0.3, 0.4) is 0 Å². The van der Waals surface area contributed by atoms with Gasteiger partial charge in [-0.15, -0.1) is 0 Å². The quantitative estimate of drug-likeness (QED) is 0.732. The minimum absolute atomic E-state index is 0.0403. The van der Waals surface area contributed by atoms with Gasteiger partial charge >= 0.3 is 6.03 Å². The second kappa shape index (κ2) is 5.81. The molecule has 0 bridgehead atoms. The molecule has 0 aliphatic carbocycles. The Balaban J connectivity index is 1.91. The number of hydrogen-bond acceptors (Lipinski definition) is 3. The number of anilines is 1. The Bertz CT molecular complexity index is 578. The van der Waals surface area contributed by atoms with Gasteiger partial charge in [-0.3, -0.25) is 4.79 Å². The van der Waals surface area contributed by atoms with E-state index < -0.39 is 0 Å². The van der Waals surface area contributed by atoms with Gasteiger partial charge in [-0.2, -0.15) is 0 Å². The molecule has 6 nitrogen and oxygen atoms in total. The molecule has 0 radical (unpaired) electrons. The summed E-state index contributed by atoms with van der Waals surface area (Å²) in [6.45, 7) is 1.84. The van der Waals surface area contributed by atoms with Gasteiger partial charge in [-0.1, -0.05) is 12.1 Å². The summed E-state index contributed by atoms with van der Waals surface area (Å²) in [6.07, 6.45) is 3.18. The van der Waals surface area contributed by atoms with Crippen molar-refractivity contribution in [3.8, 4) is 0 Å². The fourth-order valence-corrected chi connectivity index (χ4v) is 1.55. The Kier molecular flexibility index (Phi) is 3.92. The highest BCUT2D eigenvalue weighted by Crippen LogP contribution is 2.10. The zero-order chi connectivity index (χ0) is 13.7. The van der Waals surface area contributed by atoms with Gasteiger partial charge in [-0.25, -0.2) is 9.78 Å². The predicted octanol–water partition coefficient (Wildman–Crippen LogP) is 1.93. The second-order valence-electron chi connectivity index (χ2n) is 4.02. The number of Topliss-reactive ketones (excluding diaryl/α,β-unsaturated/α-hetero) is 1. The first-order chi connectivity index (χ1) is 9.15. The molecule has 0 aliphatic heterocycles. The van der Waals surface area contributed by atoms with Crippen molar-refractivity contribution in [3.05, 3.63) is 48.0 Å². The van der Waals surface area contributed by atoms with Crippen molar-refractivity contribution in [2.24, 2.45) is 0 Å². The lowest BCUT2D eigenvalue weighted by atomic mass is 10.1. The van der Waals surface area contributed by atoms with E-state index in [1.807, 2.05) is 0 Å². The molecule has 0 aliphatic rings. The van der Waals surface area contributed by atoms with E-state index in [0.717, 1.165) is 5.69 Å². The normalized spacial score (nSPS) is 9.95. The molecule has 1 aromatic carbocycles. The minimum atomic E-state index is -0.338. The molecule has 0 fully saturated rings. The number of benzene rings is 1. The van der Waals surface area contributed by atoms with E-state index in [-0.39, 0.29) is 11.8 Å². The number of ketones is 1. The average molecular weight is 258 g/mol. The summed E-state index contributed by atoms with van der Waals surface area (Å²) >= 11 is 0. The third-order valence-electron chi connectivity index (χ3n) is 2.52. The molecule has 2 aromatic rings. The number of aromatic amines is 1. The number of nitrogens with one attached hydrogen (secondary N) is 3. The highest BCUT2D eigenvalue weighted by atomic mass is 16.2. The van der Waals surface area contributed by atoms with E-state index in [9.17, 15) is 9.59 Å². The number of H-pyrrole nitrogens is 1. The van der Waals surface area contributed by atoms with Gasteiger partial charge < -0.3 is 15.6 Å². The van der Waals surface area contributed by atoms with Crippen molar-refractivity contribution in [1.29, 1.82) is 0 Å². The predicted molar refractivity (Wildman–Crippen MR) is 70.9 cm³/mol. The lowest BCUT2D eigenvalue weighted by molar-refractivity contribution is 0.101. The van der Waals surface area contributed by atoms with Crippen molar-refractivity contribution < 1.29 is 9.59 Å². The number of carbonyl (C=O) groups is 2. The van der Waals surface area contributed by atoms with Crippen LogP contribution >= 0.6 is 0 Å². The number of rotatable bonds is 4. The molecule has 3 N–H and O–H groups in total. The van der Waals surface area contributed by atoms with Gasteiger partial charge in [0.15, 0.2) is 5.78 Å². The van der Waals surface area contributed by atoms with Gasteiger partial charge in [0, 0.05) is 17.4 Å². The van der Waals surface area contributed by atoms with E-state index in [4.69, 9.17) is 0 Å². The zero-order valence-electron chi connectivity index (χ0n) is 10.4. The summed E-state index contributed by atoms with van der Waals surface area (Å²) in [5.41, 5.74) is 1.95. The molecule has 0 saturated heterocycles. The molecular formula is C13H14N4O2. The molecule has 2 amide bonds. The third kappa shape index (κ3) is 3.67. The van der Waals surface area contributed by atoms with Crippen LogP contribution in [0.15, 0.2) is 36.8 Å². The summed E-state index contributed by atoms with van der Waals surface area (Å²) in [6, 6.07) is 6.45. The van der Waals surface area contributed by atoms with Gasteiger partial charge in [0.1, 0.15) is 0 Å². The van der Waals surface area contributed by atoms with E-state index >= 15 is 0 Å². The van der Waals surface area contributed by atoms with Gasteiger partial charge in [0.25, 0.3) is 0 Å². The first-order valence-corrected chi connectivity index (χ1v) is 5.78. The standard InChI is InChI=1S/C13H14N4O2/c1-9(18)10-3-2-4-11(5-10)17-13(19)15-7-12-6-14-8-16-12/h2-6,8H,7H2,1H3,(H,14,16)(H2,15,17,19). The van der Waals surface area contributed by atoms with E-state index in [0.29, 0.717) is 17.8 Å². The number of hydrogen-bond donors (Lipinski definition) is 3. The van der Waals surface area contributed by atoms with Crippen molar-refractivity contribution in [1.82, 2.24) is 15.3 Å². The first-order valence-electron chi connectivity index (χ1n) is 5.78. The molecule has 98 valence electrons. The van der Waals surface area contributed by atoms with Crippen molar-refractivity contribution >= 4 is 17.5 Å². The molecule has 1 heterocycles.